The van der Waals surface area contributed by atoms with Crippen LogP contribution in [0.15, 0.2) is 0 Å². The van der Waals surface area contributed by atoms with Gasteiger partial charge in [0.1, 0.15) is 0 Å². The Hall–Kier alpha value is -0.660. The number of rotatable bonds is 8. The Labute approximate surface area is 108 Å². The van der Waals surface area contributed by atoms with Crippen molar-refractivity contribution in [1.29, 1.82) is 0 Å². The van der Waals surface area contributed by atoms with Crippen molar-refractivity contribution in [2.24, 2.45) is 11.1 Å². The van der Waals surface area contributed by atoms with Gasteiger partial charge in [0.25, 0.3) is 0 Å². The third-order valence-electron chi connectivity index (χ3n) is 3.08. The van der Waals surface area contributed by atoms with Crippen LogP contribution in [-0.2, 0) is 24.1 Å². The Bertz CT molecular complexity index is 388. The van der Waals surface area contributed by atoms with E-state index in [0.29, 0.717) is 0 Å². The third-order valence-corrected chi connectivity index (χ3v) is 5.07. The number of nitrogens with two attached hydrogens (primary N) is 1. The van der Waals surface area contributed by atoms with Crippen LogP contribution in [0.25, 0.3) is 0 Å². The zero-order chi connectivity index (χ0) is 13.8. The van der Waals surface area contributed by atoms with Gasteiger partial charge in [0.2, 0.25) is 0 Å². The number of carbonyl (C=O) groups excluding carboxylic acids is 1. The highest BCUT2D eigenvalue weighted by Crippen LogP contribution is 2.50. The first-order chi connectivity index (χ1) is 8.32. The molecule has 6 nitrogen and oxygen atoms in total. The van der Waals surface area contributed by atoms with Gasteiger partial charge in [-0.25, -0.2) is 8.42 Å². The smallest absolute Gasteiger partial charge is 0.306 e. The third kappa shape index (κ3) is 4.91. The van der Waals surface area contributed by atoms with E-state index in [2.05, 4.69) is 4.74 Å². The summed E-state index contributed by atoms with van der Waals surface area (Å²) >= 11 is 0. The summed E-state index contributed by atoms with van der Waals surface area (Å²) in [5.74, 6) is -0.458. The number of sulfone groups is 1. The van der Waals surface area contributed by atoms with E-state index in [4.69, 9.17) is 10.5 Å². The van der Waals surface area contributed by atoms with E-state index in [9.17, 15) is 13.2 Å². The molecule has 0 radical (unpaired) electrons. The first-order valence-corrected chi connectivity index (χ1v) is 7.66. The van der Waals surface area contributed by atoms with Gasteiger partial charge in [-0.05, 0) is 18.3 Å². The Balaban J connectivity index is 2.52. The summed E-state index contributed by atoms with van der Waals surface area (Å²) in [6.45, 7) is 0.212. The highest BCUT2D eigenvalue weighted by molar-refractivity contribution is 7.91. The number of ether oxygens (including phenoxy) is 2. The zero-order valence-electron chi connectivity index (χ0n) is 10.8. The summed E-state index contributed by atoms with van der Waals surface area (Å²) in [4.78, 5) is 11.2. The second kappa shape index (κ2) is 5.99. The average molecular weight is 279 g/mol. The normalized spacial score (nSPS) is 19.3. The topological polar surface area (TPSA) is 95.7 Å². The minimum Gasteiger partial charge on any atom is -0.469 e. The van der Waals surface area contributed by atoms with Gasteiger partial charge in [-0.3, -0.25) is 4.79 Å². The Morgan fingerprint density at radius 2 is 2.00 bits per heavy atom. The van der Waals surface area contributed by atoms with Gasteiger partial charge in [-0.15, -0.1) is 0 Å². The molecule has 0 amide bonds. The first-order valence-electron chi connectivity index (χ1n) is 5.84. The van der Waals surface area contributed by atoms with Crippen molar-refractivity contribution < 1.29 is 22.7 Å². The van der Waals surface area contributed by atoms with Crippen molar-refractivity contribution in [3.63, 3.8) is 0 Å². The molecule has 1 saturated carbocycles. The molecule has 2 N–H and O–H groups in total. The number of methoxy groups -OCH3 is 2. The van der Waals surface area contributed by atoms with E-state index in [1.54, 1.807) is 0 Å². The summed E-state index contributed by atoms with van der Waals surface area (Å²) in [5.41, 5.74) is 5.22. The summed E-state index contributed by atoms with van der Waals surface area (Å²) in [5, 5.41) is 0. The van der Waals surface area contributed by atoms with Crippen molar-refractivity contribution in [3.05, 3.63) is 0 Å². The number of hydrogen-bond donors (Lipinski definition) is 1. The predicted molar refractivity (Wildman–Crippen MR) is 66.8 cm³/mol. The summed E-state index contributed by atoms with van der Waals surface area (Å²) in [7, 11) is -0.480. The fourth-order valence-electron chi connectivity index (χ4n) is 2.04. The average Bonchev–Trinajstić information content (AvgIpc) is 2.95. The van der Waals surface area contributed by atoms with E-state index in [-0.39, 0.29) is 30.5 Å². The first kappa shape index (κ1) is 15.4. The maximum absolute atomic E-state index is 12.0. The van der Waals surface area contributed by atoms with Gasteiger partial charge in [0.15, 0.2) is 9.84 Å². The van der Waals surface area contributed by atoms with Gasteiger partial charge in [0.05, 0.1) is 31.6 Å². The molecule has 0 bridgehead atoms. The molecule has 1 aliphatic carbocycles. The molecule has 7 heteroatoms. The Kier molecular flexibility index (Phi) is 5.12. The molecule has 1 rings (SSSR count). The van der Waals surface area contributed by atoms with Crippen LogP contribution in [0.4, 0.5) is 0 Å². The maximum atomic E-state index is 12.0. The van der Waals surface area contributed by atoms with Crippen molar-refractivity contribution in [1.82, 2.24) is 0 Å². The molecule has 1 aliphatic rings. The van der Waals surface area contributed by atoms with Crippen LogP contribution in [0.2, 0.25) is 0 Å². The van der Waals surface area contributed by atoms with Crippen molar-refractivity contribution in [2.75, 3.05) is 32.3 Å². The lowest BCUT2D eigenvalue weighted by molar-refractivity contribution is -0.141. The van der Waals surface area contributed by atoms with Gasteiger partial charge >= 0.3 is 5.97 Å². The van der Waals surface area contributed by atoms with Crippen LogP contribution in [0.5, 0.6) is 0 Å². The highest BCUT2D eigenvalue weighted by atomic mass is 32.2. The SMILES string of the molecule is COCC(N)CS(=O)(=O)CC1(CC(=O)OC)CC1. The van der Waals surface area contributed by atoms with Crippen molar-refractivity contribution in [3.8, 4) is 0 Å². The molecular formula is C11H21NO5S. The molecule has 1 unspecified atom stereocenters. The maximum Gasteiger partial charge on any atom is 0.306 e. The largest absolute Gasteiger partial charge is 0.469 e. The molecule has 1 fully saturated rings. The quantitative estimate of drug-likeness (QED) is 0.614. The highest BCUT2D eigenvalue weighted by Gasteiger charge is 2.47. The molecular weight excluding hydrogens is 258 g/mol. The lowest BCUT2D eigenvalue weighted by Crippen LogP contribution is -2.36. The van der Waals surface area contributed by atoms with Crippen LogP contribution in [0.1, 0.15) is 19.3 Å². The van der Waals surface area contributed by atoms with E-state index in [1.807, 2.05) is 0 Å². The van der Waals surface area contributed by atoms with Gasteiger partial charge < -0.3 is 15.2 Å². The van der Waals surface area contributed by atoms with Gasteiger partial charge in [0, 0.05) is 13.2 Å². The Morgan fingerprint density at radius 1 is 1.39 bits per heavy atom. The second-order valence-corrected chi connectivity index (χ2v) is 7.13. The second-order valence-electron chi connectivity index (χ2n) is 5.02. The van der Waals surface area contributed by atoms with Crippen LogP contribution in [-0.4, -0.2) is 52.8 Å². The molecule has 1 atom stereocenters. The molecule has 18 heavy (non-hydrogen) atoms. The molecule has 0 spiro atoms. The van der Waals surface area contributed by atoms with E-state index in [0.717, 1.165) is 12.8 Å². The molecule has 0 saturated heterocycles. The lowest BCUT2D eigenvalue weighted by atomic mass is 10.1. The van der Waals surface area contributed by atoms with E-state index < -0.39 is 21.3 Å². The standard InChI is InChI=1S/C11H21NO5S/c1-16-6-9(12)7-18(14,15)8-11(3-4-11)5-10(13)17-2/h9H,3-8,12H2,1-2H3. The predicted octanol–water partition coefficient (Wildman–Crippen LogP) is -0.282. The fraction of sp³-hybridized carbons (Fsp3) is 0.909. The van der Waals surface area contributed by atoms with Crippen molar-refractivity contribution >= 4 is 15.8 Å². The molecule has 106 valence electrons. The van der Waals surface area contributed by atoms with Gasteiger partial charge in [-0.1, -0.05) is 0 Å². The molecule has 0 aromatic rings. The zero-order valence-corrected chi connectivity index (χ0v) is 11.7. The monoisotopic (exact) mass is 279 g/mol. The Morgan fingerprint density at radius 3 is 2.44 bits per heavy atom. The van der Waals surface area contributed by atoms with Crippen LogP contribution < -0.4 is 5.73 Å². The van der Waals surface area contributed by atoms with E-state index in [1.165, 1.54) is 14.2 Å². The summed E-state index contributed by atoms with van der Waals surface area (Å²) in [6, 6.07) is -0.520. The van der Waals surface area contributed by atoms with Crippen LogP contribution >= 0.6 is 0 Å². The molecule has 0 aromatic carbocycles. The van der Waals surface area contributed by atoms with E-state index >= 15 is 0 Å². The molecule has 0 heterocycles. The fourth-order valence-corrected chi connectivity index (χ4v) is 4.23. The minimum atomic E-state index is -3.26. The van der Waals surface area contributed by atoms with Crippen molar-refractivity contribution in [2.45, 2.75) is 25.3 Å². The van der Waals surface area contributed by atoms with Crippen LogP contribution in [0.3, 0.4) is 0 Å². The molecule has 0 aliphatic heterocycles. The molecule has 0 aromatic heterocycles. The van der Waals surface area contributed by atoms with Gasteiger partial charge in [-0.2, -0.15) is 0 Å². The summed E-state index contributed by atoms with van der Waals surface area (Å²) < 4.78 is 33.3. The lowest BCUT2D eigenvalue weighted by Gasteiger charge is -2.16. The number of hydrogen-bond acceptors (Lipinski definition) is 6. The summed E-state index contributed by atoms with van der Waals surface area (Å²) in [6.07, 6.45) is 1.67. The number of carbonyl (C=O) groups is 1. The number of esters is 1. The van der Waals surface area contributed by atoms with Crippen LogP contribution in [0, 0.1) is 5.41 Å². The minimum absolute atomic E-state index is 0.00646.